The molecule has 5 heteroatoms. The minimum Gasteiger partial charge on any atom is -0.326 e. The maximum Gasteiger partial charge on any atom is 0.258 e. The molecule has 0 aliphatic carbocycles. The number of fused-ring (bicyclic) bond motifs is 1. The van der Waals surface area contributed by atoms with E-state index < -0.39 is 0 Å². The van der Waals surface area contributed by atoms with Crippen molar-refractivity contribution in [3.05, 3.63) is 70.8 Å². The third-order valence-corrected chi connectivity index (χ3v) is 4.55. The van der Waals surface area contributed by atoms with Crippen molar-refractivity contribution in [3.8, 4) is 0 Å². The number of benzene rings is 2. The minimum absolute atomic E-state index is 0.109. The number of anilines is 1. The number of hydrogen-bond acceptors (Lipinski definition) is 2. The summed E-state index contributed by atoms with van der Waals surface area (Å²) < 4.78 is 0. The molecule has 0 aromatic heterocycles. The fraction of sp³-hybridized carbons (Fsp3) is 0.158. The smallest absolute Gasteiger partial charge is 0.258 e. The van der Waals surface area contributed by atoms with Crippen LogP contribution in [0.1, 0.15) is 27.9 Å². The van der Waals surface area contributed by atoms with Crippen LogP contribution < -0.4 is 5.32 Å². The monoisotopic (exact) mass is 340 g/mol. The third kappa shape index (κ3) is 2.93. The molecule has 0 radical (unpaired) electrons. The van der Waals surface area contributed by atoms with E-state index in [9.17, 15) is 9.59 Å². The van der Waals surface area contributed by atoms with E-state index in [-0.39, 0.29) is 24.8 Å². The number of rotatable bonds is 4. The van der Waals surface area contributed by atoms with Crippen LogP contribution in [0, 0.1) is 6.92 Å². The van der Waals surface area contributed by atoms with Crippen molar-refractivity contribution < 1.29 is 9.59 Å². The normalized spacial score (nSPS) is 13.2. The van der Waals surface area contributed by atoms with E-state index in [1.54, 1.807) is 29.2 Å². The van der Waals surface area contributed by atoms with Gasteiger partial charge in [0.05, 0.1) is 0 Å². The molecule has 0 saturated heterocycles. The van der Waals surface area contributed by atoms with Crippen LogP contribution in [0.3, 0.4) is 0 Å². The summed E-state index contributed by atoms with van der Waals surface area (Å²) in [7, 11) is 0. The second-order valence-electron chi connectivity index (χ2n) is 5.66. The Hall–Kier alpha value is -2.59. The van der Waals surface area contributed by atoms with E-state index in [1.165, 1.54) is 0 Å². The highest BCUT2D eigenvalue weighted by molar-refractivity contribution is 6.31. The van der Waals surface area contributed by atoms with Crippen LogP contribution in [0.5, 0.6) is 0 Å². The predicted molar refractivity (Wildman–Crippen MR) is 95.9 cm³/mol. The second kappa shape index (κ2) is 6.49. The maximum absolute atomic E-state index is 12.4. The van der Waals surface area contributed by atoms with Crippen molar-refractivity contribution in [2.24, 2.45) is 0 Å². The van der Waals surface area contributed by atoms with Crippen molar-refractivity contribution in [2.45, 2.75) is 13.3 Å². The molecular weight excluding hydrogens is 324 g/mol. The van der Waals surface area contributed by atoms with Gasteiger partial charge in [-0.3, -0.25) is 9.59 Å². The second-order valence-corrected chi connectivity index (χ2v) is 6.07. The van der Waals surface area contributed by atoms with Crippen molar-refractivity contribution in [2.75, 3.05) is 11.9 Å². The molecule has 0 bridgehead atoms. The number of carbonyl (C=O) groups excluding carboxylic acids is 2. The number of amides is 2. The topological polar surface area (TPSA) is 49.4 Å². The van der Waals surface area contributed by atoms with Crippen LogP contribution >= 0.6 is 11.6 Å². The maximum atomic E-state index is 12.4. The number of nitrogens with one attached hydrogen (secondary N) is 1. The summed E-state index contributed by atoms with van der Waals surface area (Å²) in [6.45, 7) is 6.11. The molecule has 0 fully saturated rings. The molecule has 1 aliphatic rings. The summed E-state index contributed by atoms with van der Waals surface area (Å²) in [6, 6.07) is 12.7. The average Bonchev–Trinajstić information content (AvgIpc) is 2.82. The van der Waals surface area contributed by atoms with E-state index in [4.69, 9.17) is 11.6 Å². The number of carbonyl (C=O) groups is 2. The van der Waals surface area contributed by atoms with Crippen LogP contribution in [0.4, 0.5) is 5.69 Å². The first kappa shape index (κ1) is 16.3. The molecule has 2 aromatic rings. The summed E-state index contributed by atoms with van der Waals surface area (Å²) in [4.78, 5) is 26.1. The standard InChI is InChI=1S/C19H17ClN2O2/c1-12-16(20)8-5-9-17(12)21-18(23)10-11-22-13(2)14-6-3-4-7-15(14)19(22)24/h3-9H,2,10-11H2,1H3,(H,21,23). The average molecular weight is 341 g/mol. The number of halogens is 1. The highest BCUT2D eigenvalue weighted by Crippen LogP contribution is 2.31. The van der Waals surface area contributed by atoms with Crippen LogP contribution in [0.15, 0.2) is 49.0 Å². The van der Waals surface area contributed by atoms with Crippen LogP contribution in [-0.4, -0.2) is 23.3 Å². The molecule has 3 rings (SSSR count). The highest BCUT2D eigenvalue weighted by Gasteiger charge is 2.30. The molecule has 4 nitrogen and oxygen atoms in total. The van der Waals surface area contributed by atoms with Crippen molar-refractivity contribution in [3.63, 3.8) is 0 Å². The molecule has 0 saturated carbocycles. The predicted octanol–water partition coefficient (Wildman–Crippen LogP) is 4.10. The zero-order valence-electron chi connectivity index (χ0n) is 13.3. The van der Waals surface area contributed by atoms with E-state index in [0.29, 0.717) is 22.0 Å². The fourth-order valence-corrected chi connectivity index (χ4v) is 2.91. The van der Waals surface area contributed by atoms with Gasteiger partial charge >= 0.3 is 0 Å². The summed E-state index contributed by atoms with van der Waals surface area (Å²) in [5.41, 5.74) is 3.61. The Morgan fingerprint density at radius 3 is 2.58 bits per heavy atom. The van der Waals surface area contributed by atoms with Gasteiger partial charge in [-0.15, -0.1) is 0 Å². The van der Waals surface area contributed by atoms with E-state index in [0.717, 1.165) is 11.1 Å². The zero-order chi connectivity index (χ0) is 17.3. The van der Waals surface area contributed by atoms with Gasteiger partial charge in [0, 0.05) is 40.5 Å². The fourth-order valence-electron chi connectivity index (χ4n) is 2.74. The molecule has 122 valence electrons. The lowest BCUT2D eigenvalue weighted by atomic mass is 10.1. The van der Waals surface area contributed by atoms with E-state index in [2.05, 4.69) is 11.9 Å². The Kier molecular flexibility index (Phi) is 4.40. The first-order valence-corrected chi connectivity index (χ1v) is 8.02. The van der Waals surface area contributed by atoms with Gasteiger partial charge in [-0.05, 0) is 30.7 Å². The van der Waals surface area contributed by atoms with Crippen LogP contribution in [0.25, 0.3) is 5.70 Å². The lowest BCUT2D eigenvalue weighted by molar-refractivity contribution is -0.116. The van der Waals surface area contributed by atoms with Gasteiger partial charge in [0.2, 0.25) is 5.91 Å². The summed E-state index contributed by atoms with van der Waals surface area (Å²) >= 11 is 6.05. The molecule has 1 aliphatic heterocycles. The van der Waals surface area contributed by atoms with Crippen molar-refractivity contribution >= 4 is 34.8 Å². The SMILES string of the molecule is C=C1c2ccccc2C(=O)N1CCC(=O)Nc1cccc(Cl)c1C. The van der Waals surface area contributed by atoms with Crippen molar-refractivity contribution in [1.29, 1.82) is 0 Å². The summed E-state index contributed by atoms with van der Waals surface area (Å²) in [5.74, 6) is -0.278. The van der Waals surface area contributed by atoms with E-state index >= 15 is 0 Å². The first-order valence-electron chi connectivity index (χ1n) is 7.64. The largest absolute Gasteiger partial charge is 0.326 e. The number of nitrogens with zero attached hydrogens (tertiary/aromatic N) is 1. The third-order valence-electron chi connectivity index (χ3n) is 4.14. The Morgan fingerprint density at radius 1 is 1.17 bits per heavy atom. The van der Waals surface area contributed by atoms with Gasteiger partial charge in [0.15, 0.2) is 0 Å². The lowest BCUT2D eigenvalue weighted by Gasteiger charge is -2.17. The molecule has 0 unspecified atom stereocenters. The Morgan fingerprint density at radius 2 is 1.88 bits per heavy atom. The zero-order valence-corrected chi connectivity index (χ0v) is 14.1. The highest BCUT2D eigenvalue weighted by atomic mass is 35.5. The van der Waals surface area contributed by atoms with Crippen LogP contribution in [-0.2, 0) is 4.79 Å². The molecule has 24 heavy (non-hydrogen) atoms. The Balaban J connectivity index is 1.64. The lowest BCUT2D eigenvalue weighted by Crippen LogP contribution is -2.27. The molecule has 0 atom stereocenters. The Labute approximate surface area is 145 Å². The quantitative estimate of drug-likeness (QED) is 0.910. The van der Waals surface area contributed by atoms with Crippen LogP contribution in [0.2, 0.25) is 5.02 Å². The summed E-state index contributed by atoms with van der Waals surface area (Å²) in [5, 5.41) is 3.44. The van der Waals surface area contributed by atoms with Crippen molar-refractivity contribution in [1.82, 2.24) is 4.90 Å². The van der Waals surface area contributed by atoms with Gasteiger partial charge in [0.1, 0.15) is 0 Å². The van der Waals surface area contributed by atoms with Gasteiger partial charge in [-0.25, -0.2) is 0 Å². The van der Waals surface area contributed by atoms with E-state index in [1.807, 2.05) is 25.1 Å². The number of hydrogen-bond donors (Lipinski definition) is 1. The Bertz CT molecular complexity index is 810. The molecular formula is C19H17ClN2O2. The minimum atomic E-state index is -0.170. The molecule has 2 aromatic carbocycles. The molecule has 1 N–H and O–H groups in total. The van der Waals surface area contributed by atoms with Gasteiger partial charge in [-0.2, -0.15) is 0 Å². The van der Waals surface area contributed by atoms with Gasteiger partial charge in [-0.1, -0.05) is 42.4 Å². The van der Waals surface area contributed by atoms with Gasteiger partial charge in [0.25, 0.3) is 5.91 Å². The first-order chi connectivity index (χ1) is 11.5. The molecule has 1 heterocycles. The summed E-state index contributed by atoms with van der Waals surface area (Å²) in [6.07, 6.45) is 0.185. The molecule has 2 amide bonds. The van der Waals surface area contributed by atoms with Gasteiger partial charge < -0.3 is 10.2 Å². The molecule has 0 spiro atoms.